The number of methoxy groups -OCH3 is 2. The number of hydrogen-bond acceptors (Lipinski definition) is 8. The van der Waals surface area contributed by atoms with Crippen LogP contribution >= 0.6 is 0 Å². The maximum atomic E-state index is 13.1. The Balaban J connectivity index is 0.000000470. The van der Waals surface area contributed by atoms with Gasteiger partial charge in [0.2, 0.25) is 5.88 Å². The number of anilines is 2. The van der Waals surface area contributed by atoms with Crippen LogP contribution in [-0.2, 0) is 15.9 Å². The van der Waals surface area contributed by atoms with Crippen LogP contribution in [0.15, 0.2) is 42.7 Å². The number of fused-ring (bicyclic) bond motifs is 1. The third-order valence-corrected chi connectivity index (χ3v) is 7.20. The Morgan fingerprint density at radius 1 is 1.15 bits per heavy atom. The first kappa shape index (κ1) is 29.4. The Morgan fingerprint density at radius 3 is 2.50 bits per heavy atom. The van der Waals surface area contributed by atoms with Crippen LogP contribution in [0.4, 0.5) is 11.4 Å². The molecule has 0 aliphatic carbocycles. The van der Waals surface area contributed by atoms with E-state index in [2.05, 4.69) is 54.9 Å². The van der Waals surface area contributed by atoms with Crippen LogP contribution in [0.3, 0.4) is 0 Å². The van der Waals surface area contributed by atoms with Gasteiger partial charge in [-0.05, 0) is 52.3 Å². The number of morpholine rings is 1. The van der Waals surface area contributed by atoms with Crippen LogP contribution in [0, 0.1) is 0 Å². The SMILES string of the molecule is CCC(C)(C)OC.COc1ccc(-n2ccc(C(=O)Nc3cc4c(cc3N3CCOCC3)OC(C)(C)C4)n2)cn1. The molecule has 1 saturated heterocycles. The summed E-state index contributed by atoms with van der Waals surface area (Å²) < 4.78 is 23.4. The van der Waals surface area contributed by atoms with Crippen LogP contribution in [0.2, 0.25) is 0 Å². The predicted octanol–water partition coefficient (Wildman–Crippen LogP) is 4.90. The summed E-state index contributed by atoms with van der Waals surface area (Å²) in [5, 5.41) is 7.51. The minimum atomic E-state index is -0.275. The Kier molecular flexibility index (Phi) is 9.00. The summed E-state index contributed by atoms with van der Waals surface area (Å²) in [7, 11) is 3.30. The zero-order valence-electron chi connectivity index (χ0n) is 24.6. The van der Waals surface area contributed by atoms with E-state index in [-0.39, 0.29) is 17.1 Å². The molecule has 1 fully saturated rings. The van der Waals surface area contributed by atoms with E-state index in [1.54, 1.807) is 43.4 Å². The molecule has 2 aromatic heterocycles. The maximum absolute atomic E-state index is 13.1. The first-order valence-corrected chi connectivity index (χ1v) is 13.7. The van der Waals surface area contributed by atoms with Gasteiger partial charge in [-0.25, -0.2) is 9.67 Å². The molecule has 5 rings (SSSR count). The van der Waals surface area contributed by atoms with Crippen molar-refractivity contribution in [1.82, 2.24) is 14.8 Å². The molecule has 0 atom stereocenters. The molecule has 3 aromatic rings. The lowest BCUT2D eigenvalue weighted by Gasteiger charge is -2.31. The van der Waals surface area contributed by atoms with Crippen LogP contribution in [0.1, 0.15) is 57.1 Å². The molecule has 1 aromatic carbocycles. The Morgan fingerprint density at radius 2 is 1.90 bits per heavy atom. The van der Waals surface area contributed by atoms with Gasteiger partial charge in [-0.2, -0.15) is 5.10 Å². The molecule has 1 N–H and O–H groups in total. The number of benzene rings is 1. The van der Waals surface area contributed by atoms with E-state index >= 15 is 0 Å². The number of nitrogens with zero attached hydrogens (tertiary/aromatic N) is 4. The molecule has 0 spiro atoms. The Labute approximate surface area is 236 Å². The number of nitrogens with one attached hydrogen (secondary N) is 1. The average molecular weight is 552 g/mol. The number of carbonyl (C=O) groups is 1. The molecule has 0 unspecified atom stereocenters. The van der Waals surface area contributed by atoms with Gasteiger partial charge in [0.05, 0.1) is 49.2 Å². The standard InChI is InChI=1S/C24H27N5O4.C6H14O/c1-24(2)14-16-12-19(20(13-21(16)33-24)28-8-10-32-11-9-28)26-23(30)18-6-7-29(27-18)17-4-5-22(31-3)25-15-17;1-5-6(2,3)7-4/h4-7,12-13,15H,8-11,14H2,1-3H3,(H,26,30);5H2,1-4H3. The van der Waals surface area contributed by atoms with Crippen molar-refractivity contribution in [2.45, 2.75) is 58.7 Å². The first-order valence-electron chi connectivity index (χ1n) is 13.7. The van der Waals surface area contributed by atoms with Gasteiger partial charge in [0.15, 0.2) is 5.69 Å². The van der Waals surface area contributed by atoms with Gasteiger partial charge in [0.1, 0.15) is 11.4 Å². The lowest BCUT2D eigenvalue weighted by molar-refractivity contribution is 0.0196. The van der Waals surface area contributed by atoms with Crippen molar-refractivity contribution in [3.63, 3.8) is 0 Å². The molecule has 10 nitrogen and oxygen atoms in total. The van der Waals surface area contributed by atoms with E-state index in [9.17, 15) is 4.79 Å². The molecule has 10 heteroatoms. The number of ether oxygens (including phenoxy) is 4. The molecule has 40 heavy (non-hydrogen) atoms. The summed E-state index contributed by atoms with van der Waals surface area (Å²) >= 11 is 0. The summed E-state index contributed by atoms with van der Waals surface area (Å²) in [5.41, 5.74) is 3.64. The highest BCUT2D eigenvalue weighted by Gasteiger charge is 2.32. The number of amides is 1. The number of carbonyl (C=O) groups excluding carboxylic acids is 1. The monoisotopic (exact) mass is 551 g/mol. The molecule has 2 aliphatic heterocycles. The van der Waals surface area contributed by atoms with Crippen molar-refractivity contribution in [3.8, 4) is 17.3 Å². The number of pyridine rings is 1. The summed E-state index contributed by atoms with van der Waals surface area (Å²) in [6.45, 7) is 13.2. The molecule has 0 bridgehead atoms. The first-order chi connectivity index (χ1) is 19.0. The van der Waals surface area contributed by atoms with Gasteiger partial charge in [-0.1, -0.05) is 6.92 Å². The maximum Gasteiger partial charge on any atom is 0.276 e. The molecular formula is C30H41N5O5. The van der Waals surface area contributed by atoms with Gasteiger partial charge in [-0.3, -0.25) is 4.79 Å². The van der Waals surface area contributed by atoms with E-state index in [1.807, 2.05) is 18.2 Å². The molecule has 0 radical (unpaired) electrons. The van der Waals surface area contributed by atoms with Crippen molar-refractivity contribution in [2.75, 3.05) is 50.7 Å². The van der Waals surface area contributed by atoms with Crippen molar-refractivity contribution in [1.29, 1.82) is 0 Å². The topological polar surface area (TPSA) is 100.0 Å². The molecule has 0 saturated carbocycles. The molecular weight excluding hydrogens is 510 g/mol. The van der Waals surface area contributed by atoms with Crippen LogP contribution in [-0.4, -0.2) is 72.4 Å². The molecule has 2 aliphatic rings. The van der Waals surface area contributed by atoms with Gasteiger partial charge in [0, 0.05) is 50.5 Å². The average Bonchev–Trinajstić information content (AvgIpc) is 3.57. The highest BCUT2D eigenvalue weighted by Crippen LogP contribution is 2.42. The minimum absolute atomic E-state index is 0.0833. The summed E-state index contributed by atoms with van der Waals surface area (Å²) in [6.07, 6.45) is 5.24. The minimum Gasteiger partial charge on any atom is -0.487 e. The van der Waals surface area contributed by atoms with Gasteiger partial charge < -0.3 is 29.2 Å². The second kappa shape index (κ2) is 12.3. The molecule has 1 amide bonds. The fraction of sp³-hybridized carbons (Fsp3) is 0.500. The van der Waals surface area contributed by atoms with Gasteiger partial charge in [-0.15, -0.1) is 0 Å². The van der Waals surface area contributed by atoms with Crippen molar-refractivity contribution >= 4 is 17.3 Å². The van der Waals surface area contributed by atoms with E-state index in [4.69, 9.17) is 18.9 Å². The smallest absolute Gasteiger partial charge is 0.276 e. The Bertz CT molecular complexity index is 1290. The van der Waals surface area contributed by atoms with Crippen molar-refractivity contribution < 1.29 is 23.7 Å². The van der Waals surface area contributed by atoms with Crippen LogP contribution in [0.5, 0.6) is 11.6 Å². The van der Waals surface area contributed by atoms with E-state index < -0.39 is 0 Å². The summed E-state index contributed by atoms with van der Waals surface area (Å²) in [5.74, 6) is 1.11. The normalized spacial score (nSPS) is 15.9. The fourth-order valence-electron chi connectivity index (χ4n) is 4.35. The number of rotatable bonds is 7. The highest BCUT2D eigenvalue weighted by molar-refractivity contribution is 6.05. The van der Waals surface area contributed by atoms with Gasteiger partial charge in [0.25, 0.3) is 5.91 Å². The zero-order valence-corrected chi connectivity index (χ0v) is 24.6. The number of aromatic nitrogens is 3. The molecule has 216 valence electrons. The largest absolute Gasteiger partial charge is 0.487 e. The van der Waals surface area contributed by atoms with E-state index in [0.717, 1.165) is 54.3 Å². The van der Waals surface area contributed by atoms with Crippen LogP contribution < -0.4 is 19.7 Å². The highest BCUT2D eigenvalue weighted by atomic mass is 16.5. The fourth-order valence-corrected chi connectivity index (χ4v) is 4.35. The third-order valence-electron chi connectivity index (χ3n) is 7.20. The second-order valence-electron chi connectivity index (χ2n) is 11.1. The second-order valence-corrected chi connectivity index (χ2v) is 11.1. The lowest BCUT2D eigenvalue weighted by Crippen LogP contribution is -2.36. The van der Waals surface area contributed by atoms with E-state index in [1.165, 1.54) is 0 Å². The lowest BCUT2D eigenvalue weighted by atomic mass is 10.0. The Hall–Kier alpha value is -3.63. The predicted molar refractivity (Wildman–Crippen MR) is 155 cm³/mol. The number of hydrogen-bond donors (Lipinski definition) is 1. The molecule has 4 heterocycles. The summed E-state index contributed by atoms with van der Waals surface area (Å²) in [4.78, 5) is 19.5. The third kappa shape index (κ3) is 7.11. The summed E-state index contributed by atoms with van der Waals surface area (Å²) in [6, 6.07) is 9.33. The van der Waals surface area contributed by atoms with Crippen LogP contribution in [0.25, 0.3) is 5.69 Å². The van der Waals surface area contributed by atoms with E-state index in [0.29, 0.717) is 24.8 Å². The van der Waals surface area contributed by atoms with Gasteiger partial charge >= 0.3 is 0 Å². The van der Waals surface area contributed by atoms with Crippen molar-refractivity contribution in [3.05, 3.63) is 54.0 Å². The zero-order chi connectivity index (χ0) is 28.9. The van der Waals surface area contributed by atoms with Crippen molar-refractivity contribution in [2.24, 2.45) is 0 Å². The quantitative estimate of drug-likeness (QED) is 0.443.